The normalized spacial score (nSPS) is 13.4. The summed E-state index contributed by atoms with van der Waals surface area (Å²) in [6, 6.07) is 2.17. The highest BCUT2D eigenvalue weighted by molar-refractivity contribution is 7.07. The highest BCUT2D eigenvalue weighted by Gasteiger charge is 2.12. The van der Waals surface area contributed by atoms with E-state index in [0.29, 0.717) is 0 Å². The molecule has 3 nitrogen and oxygen atoms in total. The van der Waals surface area contributed by atoms with Gasteiger partial charge < -0.3 is 10.0 Å². The summed E-state index contributed by atoms with van der Waals surface area (Å²) in [6.45, 7) is 5.87. The number of nitrogens with zero attached hydrogens (tertiary/aromatic N) is 2. The average Bonchev–Trinajstić information content (AvgIpc) is 2.79. The minimum absolute atomic E-state index is 0.198. The Labute approximate surface area is 115 Å². The second-order valence-corrected chi connectivity index (χ2v) is 5.89. The Bertz CT molecular complexity index is 301. The van der Waals surface area contributed by atoms with E-state index in [1.807, 2.05) is 0 Å². The van der Waals surface area contributed by atoms with E-state index in [4.69, 9.17) is 0 Å². The minimum atomic E-state index is -0.198. The molecule has 104 valence electrons. The molecule has 0 fully saturated rings. The zero-order chi connectivity index (χ0) is 13.4. The van der Waals surface area contributed by atoms with Gasteiger partial charge in [-0.2, -0.15) is 11.3 Å². The van der Waals surface area contributed by atoms with Crippen molar-refractivity contribution in [2.45, 2.75) is 32.4 Å². The first-order valence-corrected chi connectivity index (χ1v) is 7.62. The van der Waals surface area contributed by atoms with Crippen LogP contribution in [-0.4, -0.2) is 54.7 Å². The molecule has 0 radical (unpaired) electrons. The Morgan fingerprint density at radius 3 is 2.67 bits per heavy atom. The van der Waals surface area contributed by atoms with Crippen LogP contribution < -0.4 is 0 Å². The third-order valence-corrected chi connectivity index (χ3v) is 3.67. The first-order valence-electron chi connectivity index (χ1n) is 6.68. The molecular formula is C14H26N2OS. The lowest BCUT2D eigenvalue weighted by Gasteiger charge is -2.26. The highest BCUT2D eigenvalue weighted by Crippen LogP contribution is 2.10. The Balaban J connectivity index is 2.45. The van der Waals surface area contributed by atoms with Gasteiger partial charge in [0.25, 0.3) is 0 Å². The van der Waals surface area contributed by atoms with Crippen LogP contribution in [0.1, 0.15) is 25.3 Å². The third kappa shape index (κ3) is 6.50. The van der Waals surface area contributed by atoms with E-state index in [-0.39, 0.29) is 6.10 Å². The molecule has 0 aliphatic heterocycles. The van der Waals surface area contributed by atoms with Crippen LogP contribution in [0, 0.1) is 0 Å². The van der Waals surface area contributed by atoms with E-state index in [0.717, 1.165) is 39.0 Å². The van der Waals surface area contributed by atoms with Crippen LogP contribution in [0.3, 0.4) is 0 Å². The largest absolute Gasteiger partial charge is 0.392 e. The van der Waals surface area contributed by atoms with Crippen LogP contribution in [0.15, 0.2) is 16.8 Å². The van der Waals surface area contributed by atoms with Gasteiger partial charge in [0.05, 0.1) is 6.10 Å². The quantitative estimate of drug-likeness (QED) is 0.746. The maximum absolute atomic E-state index is 9.96. The molecule has 18 heavy (non-hydrogen) atoms. The Kier molecular flexibility index (Phi) is 7.51. The van der Waals surface area contributed by atoms with Crippen LogP contribution in [0.5, 0.6) is 0 Å². The Morgan fingerprint density at radius 1 is 1.33 bits per heavy atom. The molecule has 0 bridgehead atoms. The predicted octanol–water partition coefficient (Wildman–Crippen LogP) is 2.27. The van der Waals surface area contributed by atoms with Gasteiger partial charge in [-0.3, -0.25) is 4.90 Å². The number of rotatable bonds is 9. The molecule has 1 aromatic rings. The molecule has 1 atom stereocenters. The number of hydrogen-bond acceptors (Lipinski definition) is 4. The van der Waals surface area contributed by atoms with Crippen molar-refractivity contribution in [2.24, 2.45) is 0 Å². The summed E-state index contributed by atoms with van der Waals surface area (Å²) in [5, 5.41) is 14.3. The smallest absolute Gasteiger partial charge is 0.0667 e. The average molecular weight is 270 g/mol. The summed E-state index contributed by atoms with van der Waals surface area (Å²) in [5.74, 6) is 0. The molecule has 0 amide bonds. The third-order valence-electron chi connectivity index (χ3n) is 2.94. The standard InChI is InChI=1S/C14H26N2OS/c1-4-5-14(17)11-16(8-7-15(2)3)10-13-6-9-18-12-13/h6,9,12,14,17H,4-5,7-8,10-11H2,1-3H3. The van der Waals surface area contributed by atoms with Crippen LogP contribution in [0.4, 0.5) is 0 Å². The fourth-order valence-corrected chi connectivity index (χ4v) is 2.60. The number of likely N-dealkylation sites (N-methyl/N-ethyl adjacent to an activating group) is 1. The summed E-state index contributed by atoms with van der Waals surface area (Å²) >= 11 is 1.74. The van der Waals surface area contributed by atoms with Gasteiger partial charge in [0.1, 0.15) is 0 Å². The van der Waals surface area contributed by atoms with Crippen molar-refractivity contribution in [1.82, 2.24) is 9.80 Å². The Morgan fingerprint density at radius 2 is 2.11 bits per heavy atom. The van der Waals surface area contributed by atoms with E-state index >= 15 is 0 Å². The number of hydrogen-bond donors (Lipinski definition) is 1. The lowest BCUT2D eigenvalue weighted by molar-refractivity contribution is 0.0968. The monoisotopic (exact) mass is 270 g/mol. The van der Waals surface area contributed by atoms with E-state index in [1.54, 1.807) is 11.3 Å². The highest BCUT2D eigenvalue weighted by atomic mass is 32.1. The van der Waals surface area contributed by atoms with Gasteiger partial charge in [0.2, 0.25) is 0 Å². The predicted molar refractivity (Wildman–Crippen MR) is 79.1 cm³/mol. The maximum atomic E-state index is 9.96. The summed E-state index contributed by atoms with van der Waals surface area (Å²) < 4.78 is 0. The maximum Gasteiger partial charge on any atom is 0.0667 e. The second-order valence-electron chi connectivity index (χ2n) is 5.11. The molecule has 0 saturated heterocycles. The topological polar surface area (TPSA) is 26.7 Å². The second kappa shape index (κ2) is 8.64. The van der Waals surface area contributed by atoms with E-state index in [1.165, 1.54) is 5.56 Å². The molecule has 1 unspecified atom stereocenters. The Hall–Kier alpha value is -0.420. The van der Waals surface area contributed by atoms with Crippen molar-refractivity contribution in [3.63, 3.8) is 0 Å². The molecular weight excluding hydrogens is 244 g/mol. The van der Waals surface area contributed by atoms with Crippen molar-refractivity contribution in [2.75, 3.05) is 33.7 Å². The van der Waals surface area contributed by atoms with E-state index < -0.39 is 0 Å². The van der Waals surface area contributed by atoms with Gasteiger partial charge >= 0.3 is 0 Å². The van der Waals surface area contributed by atoms with Crippen molar-refractivity contribution in [1.29, 1.82) is 0 Å². The van der Waals surface area contributed by atoms with E-state index in [2.05, 4.69) is 47.6 Å². The first kappa shape index (κ1) is 15.6. The summed E-state index contributed by atoms with van der Waals surface area (Å²) in [7, 11) is 4.18. The zero-order valence-corrected chi connectivity index (χ0v) is 12.6. The van der Waals surface area contributed by atoms with E-state index in [9.17, 15) is 5.11 Å². The van der Waals surface area contributed by atoms with Gasteiger partial charge in [-0.15, -0.1) is 0 Å². The molecule has 0 saturated carbocycles. The zero-order valence-electron chi connectivity index (χ0n) is 11.8. The van der Waals surface area contributed by atoms with Gasteiger partial charge in [-0.05, 0) is 42.9 Å². The number of aliphatic hydroxyl groups is 1. The molecule has 4 heteroatoms. The van der Waals surface area contributed by atoms with Crippen molar-refractivity contribution >= 4 is 11.3 Å². The summed E-state index contributed by atoms with van der Waals surface area (Å²) in [4.78, 5) is 4.54. The van der Waals surface area contributed by atoms with Crippen LogP contribution >= 0.6 is 11.3 Å². The SMILES string of the molecule is CCCC(O)CN(CCN(C)C)Cc1ccsc1. The van der Waals surface area contributed by atoms with Crippen LogP contribution in [0.2, 0.25) is 0 Å². The molecule has 1 heterocycles. The molecule has 1 aromatic heterocycles. The lowest BCUT2D eigenvalue weighted by Crippen LogP contribution is -2.36. The van der Waals surface area contributed by atoms with Gasteiger partial charge in [-0.25, -0.2) is 0 Å². The van der Waals surface area contributed by atoms with Crippen molar-refractivity contribution in [3.05, 3.63) is 22.4 Å². The fourth-order valence-electron chi connectivity index (χ4n) is 1.94. The van der Waals surface area contributed by atoms with Crippen LogP contribution in [-0.2, 0) is 6.54 Å². The minimum Gasteiger partial charge on any atom is -0.392 e. The number of thiophene rings is 1. The lowest BCUT2D eigenvalue weighted by atomic mass is 10.2. The van der Waals surface area contributed by atoms with Crippen LogP contribution in [0.25, 0.3) is 0 Å². The molecule has 0 aliphatic rings. The fraction of sp³-hybridized carbons (Fsp3) is 0.714. The molecule has 0 aromatic carbocycles. The summed E-state index contributed by atoms with van der Waals surface area (Å²) in [6.07, 6.45) is 1.74. The molecule has 1 N–H and O–H groups in total. The van der Waals surface area contributed by atoms with Gasteiger partial charge in [-0.1, -0.05) is 13.3 Å². The molecule has 0 aliphatic carbocycles. The van der Waals surface area contributed by atoms with Crippen molar-refractivity contribution < 1.29 is 5.11 Å². The number of aliphatic hydroxyl groups excluding tert-OH is 1. The first-order chi connectivity index (χ1) is 8.61. The molecule has 1 rings (SSSR count). The van der Waals surface area contributed by atoms with Gasteiger partial charge in [0.15, 0.2) is 0 Å². The molecule has 0 spiro atoms. The van der Waals surface area contributed by atoms with Crippen molar-refractivity contribution in [3.8, 4) is 0 Å². The summed E-state index contributed by atoms with van der Waals surface area (Å²) in [5.41, 5.74) is 1.35. The van der Waals surface area contributed by atoms with Gasteiger partial charge in [0, 0.05) is 26.2 Å².